The Morgan fingerprint density at radius 3 is 2.36 bits per heavy atom. The molecule has 1 aliphatic carbocycles. The minimum atomic E-state index is 0.817. The van der Waals surface area contributed by atoms with E-state index in [1.54, 1.807) is 7.11 Å². The van der Waals surface area contributed by atoms with Gasteiger partial charge in [0.15, 0.2) is 0 Å². The molecule has 0 unspecified atom stereocenters. The quantitative estimate of drug-likeness (QED) is 0.908. The fourth-order valence-corrected chi connectivity index (χ4v) is 2.59. The lowest BCUT2D eigenvalue weighted by Crippen LogP contribution is -2.05. The van der Waals surface area contributed by atoms with Gasteiger partial charge in [0, 0.05) is 11.3 Å². The maximum absolute atomic E-state index is 6.23. The summed E-state index contributed by atoms with van der Waals surface area (Å²) in [5.74, 6) is 0.868. The van der Waals surface area contributed by atoms with Gasteiger partial charge in [-0.25, -0.2) is 0 Å². The molecule has 0 spiro atoms. The van der Waals surface area contributed by atoms with E-state index in [2.05, 4.69) is 30.4 Å². The molecule has 0 aromatic heterocycles. The van der Waals surface area contributed by atoms with Crippen molar-refractivity contribution in [1.82, 2.24) is 0 Å². The van der Waals surface area contributed by atoms with Crippen LogP contribution in [0.5, 0.6) is 5.75 Å². The summed E-state index contributed by atoms with van der Waals surface area (Å²) in [6, 6.07) is 18.3. The average Bonchev–Trinajstić information content (AvgIpc) is 2.56. The van der Waals surface area contributed by atoms with Crippen molar-refractivity contribution in [2.45, 2.75) is 6.42 Å². The van der Waals surface area contributed by atoms with Crippen LogP contribution < -0.4 is 10.5 Å². The molecular formula is C20H19NO. The molecule has 0 amide bonds. The Labute approximate surface area is 131 Å². The van der Waals surface area contributed by atoms with E-state index in [0.717, 1.165) is 29.0 Å². The summed E-state index contributed by atoms with van der Waals surface area (Å²) in [6.45, 7) is 0. The molecule has 2 heteroatoms. The van der Waals surface area contributed by atoms with Gasteiger partial charge in [0.2, 0.25) is 0 Å². The van der Waals surface area contributed by atoms with Gasteiger partial charge in [-0.3, -0.25) is 0 Å². The first-order valence-electron chi connectivity index (χ1n) is 7.34. The third-order valence-corrected chi connectivity index (χ3v) is 3.75. The van der Waals surface area contributed by atoms with E-state index < -0.39 is 0 Å². The lowest BCUT2D eigenvalue weighted by atomic mass is 9.93. The van der Waals surface area contributed by atoms with Crippen molar-refractivity contribution >= 4 is 11.6 Å². The first-order chi connectivity index (χ1) is 10.8. The van der Waals surface area contributed by atoms with Crippen LogP contribution >= 0.6 is 0 Å². The maximum Gasteiger partial charge on any atom is 0.118 e. The van der Waals surface area contributed by atoms with E-state index in [1.165, 1.54) is 11.1 Å². The Kier molecular flexibility index (Phi) is 4.10. The molecule has 0 radical (unpaired) electrons. The van der Waals surface area contributed by atoms with E-state index >= 15 is 0 Å². The van der Waals surface area contributed by atoms with Crippen molar-refractivity contribution in [2.24, 2.45) is 5.73 Å². The zero-order chi connectivity index (χ0) is 15.4. The summed E-state index contributed by atoms with van der Waals surface area (Å²) in [6.07, 6.45) is 7.30. The van der Waals surface area contributed by atoms with Gasteiger partial charge in [0.1, 0.15) is 5.75 Å². The highest BCUT2D eigenvalue weighted by Gasteiger charge is 2.10. The number of hydrogen-bond donors (Lipinski definition) is 1. The van der Waals surface area contributed by atoms with Gasteiger partial charge in [-0.05, 0) is 41.3 Å². The van der Waals surface area contributed by atoms with Crippen LogP contribution in [0.2, 0.25) is 0 Å². The Balaban J connectivity index is 1.82. The molecule has 0 atom stereocenters. The minimum Gasteiger partial charge on any atom is -0.497 e. The molecule has 2 aromatic rings. The Hall–Kier alpha value is -2.74. The molecular weight excluding hydrogens is 270 g/mol. The van der Waals surface area contributed by atoms with E-state index in [9.17, 15) is 0 Å². The number of hydrogen-bond acceptors (Lipinski definition) is 2. The van der Waals surface area contributed by atoms with Crippen LogP contribution in [0, 0.1) is 0 Å². The van der Waals surface area contributed by atoms with Gasteiger partial charge in [-0.2, -0.15) is 0 Å². The summed E-state index contributed by atoms with van der Waals surface area (Å²) in [4.78, 5) is 0. The highest BCUT2D eigenvalue weighted by molar-refractivity contribution is 5.81. The van der Waals surface area contributed by atoms with Crippen LogP contribution in [0.25, 0.3) is 11.6 Å². The average molecular weight is 289 g/mol. The topological polar surface area (TPSA) is 35.2 Å². The Morgan fingerprint density at radius 1 is 1.00 bits per heavy atom. The van der Waals surface area contributed by atoms with Crippen molar-refractivity contribution in [1.29, 1.82) is 0 Å². The third kappa shape index (κ3) is 3.12. The van der Waals surface area contributed by atoms with Gasteiger partial charge in [0.25, 0.3) is 0 Å². The lowest BCUT2D eigenvalue weighted by molar-refractivity contribution is 0.415. The molecule has 0 heterocycles. The van der Waals surface area contributed by atoms with Gasteiger partial charge in [-0.15, -0.1) is 0 Å². The standard InChI is InChI=1S/C20H19NO/c1-22-18-10-7-15(8-11-18)13-16-9-12-19(20(21)14-16)17-5-3-2-4-6-17/h2-8,10-14H,9,21H2,1H3. The molecule has 3 rings (SSSR count). The van der Waals surface area contributed by atoms with Crippen molar-refractivity contribution in [2.75, 3.05) is 7.11 Å². The SMILES string of the molecule is COc1ccc(C=C2C=C(N)C(c3ccccc3)=CC2)cc1. The van der Waals surface area contributed by atoms with E-state index in [-0.39, 0.29) is 0 Å². The van der Waals surface area contributed by atoms with Crippen LogP contribution in [-0.4, -0.2) is 7.11 Å². The molecule has 0 fully saturated rings. The molecule has 2 aromatic carbocycles. The fourth-order valence-electron chi connectivity index (χ4n) is 2.59. The second-order valence-electron chi connectivity index (χ2n) is 5.28. The van der Waals surface area contributed by atoms with Gasteiger partial charge in [0.05, 0.1) is 7.11 Å². The van der Waals surface area contributed by atoms with Crippen molar-refractivity contribution in [3.05, 3.63) is 89.1 Å². The summed E-state index contributed by atoms with van der Waals surface area (Å²) in [5.41, 5.74) is 11.7. The first-order valence-corrected chi connectivity index (χ1v) is 7.34. The van der Waals surface area contributed by atoms with E-state index in [4.69, 9.17) is 10.5 Å². The number of methoxy groups -OCH3 is 1. The molecule has 1 aliphatic rings. The predicted molar refractivity (Wildman–Crippen MR) is 92.3 cm³/mol. The minimum absolute atomic E-state index is 0.817. The number of rotatable bonds is 3. The number of benzene rings is 2. The summed E-state index contributed by atoms with van der Waals surface area (Å²) in [7, 11) is 1.67. The summed E-state index contributed by atoms with van der Waals surface area (Å²) in [5, 5.41) is 0. The van der Waals surface area contributed by atoms with Crippen LogP contribution in [0.1, 0.15) is 17.5 Å². The zero-order valence-electron chi connectivity index (χ0n) is 12.6. The second kappa shape index (κ2) is 6.35. The van der Waals surface area contributed by atoms with Crippen LogP contribution in [-0.2, 0) is 0 Å². The Bertz CT molecular complexity index is 737. The number of allylic oxidation sites excluding steroid dienone is 4. The molecule has 2 N–H and O–H groups in total. The predicted octanol–water partition coefficient (Wildman–Crippen LogP) is 4.41. The third-order valence-electron chi connectivity index (χ3n) is 3.75. The number of ether oxygens (including phenoxy) is 1. The molecule has 0 saturated carbocycles. The monoisotopic (exact) mass is 289 g/mol. The van der Waals surface area contributed by atoms with Crippen LogP contribution in [0.4, 0.5) is 0 Å². The van der Waals surface area contributed by atoms with Crippen LogP contribution in [0.3, 0.4) is 0 Å². The molecule has 0 saturated heterocycles. The molecule has 2 nitrogen and oxygen atoms in total. The van der Waals surface area contributed by atoms with Gasteiger partial charge < -0.3 is 10.5 Å². The van der Waals surface area contributed by atoms with Crippen molar-refractivity contribution in [3.63, 3.8) is 0 Å². The Morgan fingerprint density at radius 2 is 1.73 bits per heavy atom. The molecule has 110 valence electrons. The summed E-state index contributed by atoms with van der Waals surface area (Å²) >= 11 is 0. The van der Waals surface area contributed by atoms with E-state index in [0.29, 0.717) is 0 Å². The maximum atomic E-state index is 6.23. The first kappa shape index (κ1) is 14.2. The highest BCUT2D eigenvalue weighted by atomic mass is 16.5. The van der Waals surface area contributed by atoms with Crippen molar-refractivity contribution < 1.29 is 4.74 Å². The zero-order valence-corrected chi connectivity index (χ0v) is 12.6. The molecule has 0 bridgehead atoms. The fraction of sp³-hybridized carbons (Fsp3) is 0.100. The highest BCUT2D eigenvalue weighted by Crippen LogP contribution is 2.28. The summed E-state index contributed by atoms with van der Waals surface area (Å²) < 4.78 is 5.18. The molecule has 22 heavy (non-hydrogen) atoms. The normalized spacial score (nSPS) is 16.1. The second-order valence-corrected chi connectivity index (χ2v) is 5.28. The lowest BCUT2D eigenvalue weighted by Gasteiger charge is -2.15. The van der Waals surface area contributed by atoms with Gasteiger partial charge >= 0.3 is 0 Å². The van der Waals surface area contributed by atoms with Gasteiger partial charge in [-0.1, -0.05) is 54.6 Å². The molecule has 0 aliphatic heterocycles. The smallest absolute Gasteiger partial charge is 0.118 e. The largest absolute Gasteiger partial charge is 0.497 e. The van der Waals surface area contributed by atoms with E-state index in [1.807, 2.05) is 42.5 Å². The van der Waals surface area contributed by atoms with Crippen LogP contribution in [0.15, 0.2) is 78.0 Å². The van der Waals surface area contributed by atoms with Crippen molar-refractivity contribution in [3.8, 4) is 5.75 Å². The number of nitrogens with two attached hydrogens (primary N) is 1.